The molecule has 2 N–H and O–H groups in total. The molecule has 0 bridgehead atoms. The standard InChI is InChI=1S/C33H56O3Si/c1-9-37(10-2,11-3)36-32(6,7)20-12-14-24(4)28-18-19-29-27(15-13-21-33(28,29)8)17-16-26-22-30(34)25(5)31(35)23-26/h15-17,22,24,28-31,34-35H,5,9-14,18-21,23H2,1-4,6-8H3/b17-16-/t24?,28-,29+,30-,31-,33-/m1/s1. The van der Waals surface area contributed by atoms with Gasteiger partial charge in [-0.15, -0.1) is 0 Å². The SMILES string of the molecule is C=C1[C@H](O)C=C(/C=C\C2=CCC[C@]3(C)[C@@H](C(C)CCCC(C)(C)O[Si](CC)(CC)CC)CC[C@@H]23)C[C@H]1O. The summed E-state index contributed by atoms with van der Waals surface area (Å²) in [5.74, 6) is 2.12. The maximum Gasteiger partial charge on any atom is 0.192 e. The van der Waals surface area contributed by atoms with Crippen molar-refractivity contribution in [2.24, 2.45) is 23.2 Å². The van der Waals surface area contributed by atoms with Gasteiger partial charge in [0.1, 0.15) is 0 Å². The molecular weight excluding hydrogens is 472 g/mol. The van der Waals surface area contributed by atoms with Crippen molar-refractivity contribution in [2.75, 3.05) is 0 Å². The summed E-state index contributed by atoms with van der Waals surface area (Å²) in [6, 6.07) is 3.67. The van der Waals surface area contributed by atoms with Crippen LogP contribution >= 0.6 is 0 Å². The van der Waals surface area contributed by atoms with Crippen molar-refractivity contribution < 1.29 is 14.6 Å². The van der Waals surface area contributed by atoms with Crippen LogP contribution in [-0.2, 0) is 4.43 Å². The summed E-state index contributed by atoms with van der Waals surface area (Å²) in [6.07, 6.45) is 16.6. The first kappa shape index (κ1) is 30.6. The first-order valence-electron chi connectivity index (χ1n) is 15.2. The predicted octanol–water partition coefficient (Wildman–Crippen LogP) is 8.51. The van der Waals surface area contributed by atoms with E-state index in [1.165, 1.54) is 55.8 Å². The number of hydrogen-bond acceptors (Lipinski definition) is 3. The molecule has 0 aromatic rings. The molecule has 3 aliphatic rings. The molecule has 0 amide bonds. The van der Waals surface area contributed by atoms with E-state index in [9.17, 15) is 10.2 Å². The van der Waals surface area contributed by atoms with Crippen molar-refractivity contribution in [1.82, 2.24) is 0 Å². The van der Waals surface area contributed by atoms with Gasteiger partial charge in [-0.3, -0.25) is 0 Å². The molecule has 1 saturated carbocycles. The van der Waals surface area contributed by atoms with Gasteiger partial charge >= 0.3 is 0 Å². The molecule has 1 fully saturated rings. The molecule has 0 radical (unpaired) electrons. The van der Waals surface area contributed by atoms with Crippen LogP contribution < -0.4 is 0 Å². The molecule has 0 aromatic carbocycles. The Kier molecular flexibility index (Phi) is 10.3. The molecule has 0 aliphatic heterocycles. The zero-order valence-electron chi connectivity index (χ0n) is 25.0. The second-order valence-corrected chi connectivity index (χ2v) is 18.0. The molecular formula is C33H56O3Si. The summed E-state index contributed by atoms with van der Waals surface area (Å²) in [5, 5.41) is 20.4. The normalized spacial score (nSPS) is 31.9. The van der Waals surface area contributed by atoms with E-state index < -0.39 is 20.5 Å². The Labute approximate surface area is 229 Å². The number of aliphatic hydroxyl groups excluding tert-OH is 2. The van der Waals surface area contributed by atoms with Crippen LogP contribution in [0.5, 0.6) is 0 Å². The molecule has 1 unspecified atom stereocenters. The van der Waals surface area contributed by atoms with E-state index in [1.807, 2.05) is 6.08 Å². The number of aliphatic hydroxyl groups is 2. The molecule has 6 atom stereocenters. The van der Waals surface area contributed by atoms with E-state index in [4.69, 9.17) is 4.43 Å². The summed E-state index contributed by atoms with van der Waals surface area (Å²) in [5.41, 5.74) is 3.33. The van der Waals surface area contributed by atoms with E-state index in [1.54, 1.807) is 0 Å². The fourth-order valence-corrected chi connectivity index (χ4v) is 11.1. The lowest BCUT2D eigenvalue weighted by Crippen LogP contribution is -2.44. The quantitative estimate of drug-likeness (QED) is 0.197. The molecule has 3 nitrogen and oxygen atoms in total. The van der Waals surface area contributed by atoms with Gasteiger partial charge in [-0.2, -0.15) is 0 Å². The third-order valence-electron chi connectivity index (χ3n) is 10.5. The summed E-state index contributed by atoms with van der Waals surface area (Å²) in [6.45, 7) is 20.5. The average molecular weight is 529 g/mol. The highest BCUT2D eigenvalue weighted by atomic mass is 28.4. The van der Waals surface area contributed by atoms with Crippen molar-refractivity contribution in [1.29, 1.82) is 0 Å². The van der Waals surface area contributed by atoms with Crippen molar-refractivity contribution in [3.63, 3.8) is 0 Å². The Morgan fingerprint density at radius 1 is 1.16 bits per heavy atom. The van der Waals surface area contributed by atoms with Crippen LogP contribution in [0.4, 0.5) is 0 Å². The molecule has 37 heavy (non-hydrogen) atoms. The minimum atomic E-state index is -1.58. The van der Waals surface area contributed by atoms with E-state index in [2.05, 4.69) is 73.3 Å². The molecule has 210 valence electrons. The highest BCUT2D eigenvalue weighted by Gasteiger charge is 2.49. The Hall–Kier alpha value is -0.943. The maximum atomic E-state index is 10.2. The second kappa shape index (κ2) is 12.5. The molecule has 3 aliphatic carbocycles. The topological polar surface area (TPSA) is 49.7 Å². The third-order valence-corrected chi connectivity index (χ3v) is 15.4. The predicted molar refractivity (Wildman–Crippen MR) is 160 cm³/mol. The number of rotatable bonds is 12. The largest absolute Gasteiger partial charge is 0.412 e. The van der Waals surface area contributed by atoms with Crippen LogP contribution in [0.15, 0.2) is 47.6 Å². The van der Waals surface area contributed by atoms with Gasteiger partial charge in [0.05, 0.1) is 17.8 Å². The van der Waals surface area contributed by atoms with Crippen molar-refractivity contribution >= 4 is 8.32 Å². The number of fused-ring (bicyclic) bond motifs is 1. The smallest absolute Gasteiger partial charge is 0.192 e. The van der Waals surface area contributed by atoms with Crippen LogP contribution in [0, 0.1) is 23.2 Å². The van der Waals surface area contributed by atoms with Crippen molar-refractivity contribution in [2.45, 2.75) is 136 Å². The van der Waals surface area contributed by atoms with Gasteiger partial charge in [-0.25, -0.2) is 0 Å². The summed E-state index contributed by atoms with van der Waals surface area (Å²) < 4.78 is 6.88. The van der Waals surface area contributed by atoms with Gasteiger partial charge < -0.3 is 14.6 Å². The lowest BCUT2D eigenvalue weighted by atomic mass is 9.62. The molecule has 3 rings (SSSR count). The Balaban J connectivity index is 1.59. The van der Waals surface area contributed by atoms with E-state index in [0.29, 0.717) is 23.3 Å². The lowest BCUT2D eigenvalue weighted by Gasteiger charge is -2.43. The van der Waals surface area contributed by atoms with Crippen molar-refractivity contribution in [3.05, 3.63) is 47.6 Å². The molecule has 0 saturated heterocycles. The van der Waals surface area contributed by atoms with Crippen LogP contribution in [0.3, 0.4) is 0 Å². The first-order chi connectivity index (χ1) is 17.4. The van der Waals surface area contributed by atoms with Gasteiger partial charge in [0.2, 0.25) is 0 Å². The minimum Gasteiger partial charge on any atom is -0.412 e. The second-order valence-electron chi connectivity index (χ2n) is 13.3. The van der Waals surface area contributed by atoms with E-state index in [-0.39, 0.29) is 5.60 Å². The summed E-state index contributed by atoms with van der Waals surface area (Å²) in [4.78, 5) is 0. The molecule has 0 spiro atoms. The zero-order valence-corrected chi connectivity index (χ0v) is 26.0. The summed E-state index contributed by atoms with van der Waals surface area (Å²) >= 11 is 0. The zero-order chi connectivity index (χ0) is 27.4. The van der Waals surface area contributed by atoms with E-state index in [0.717, 1.165) is 30.3 Å². The monoisotopic (exact) mass is 528 g/mol. The highest BCUT2D eigenvalue weighted by Crippen LogP contribution is 2.59. The van der Waals surface area contributed by atoms with Crippen LogP contribution in [-0.4, -0.2) is 36.3 Å². The van der Waals surface area contributed by atoms with Gasteiger partial charge in [0.25, 0.3) is 0 Å². The fraction of sp³-hybridized carbons (Fsp3) is 0.758. The fourth-order valence-electron chi connectivity index (χ4n) is 7.89. The number of hydrogen-bond donors (Lipinski definition) is 2. The van der Waals surface area contributed by atoms with Crippen molar-refractivity contribution in [3.8, 4) is 0 Å². The maximum absolute atomic E-state index is 10.2. The van der Waals surface area contributed by atoms with Gasteiger partial charge in [0, 0.05) is 6.42 Å². The number of allylic oxidation sites excluding steroid dienone is 4. The molecule has 4 heteroatoms. The molecule has 0 heterocycles. The Morgan fingerprint density at radius 3 is 2.46 bits per heavy atom. The lowest BCUT2D eigenvalue weighted by molar-refractivity contribution is 0.0735. The van der Waals surface area contributed by atoms with E-state index >= 15 is 0 Å². The van der Waals surface area contributed by atoms with Crippen LogP contribution in [0.25, 0.3) is 0 Å². The third kappa shape index (κ3) is 6.98. The van der Waals surface area contributed by atoms with Gasteiger partial charge in [-0.05, 0) is 110 Å². The average Bonchev–Trinajstić information content (AvgIpc) is 3.22. The molecule has 0 aromatic heterocycles. The van der Waals surface area contributed by atoms with Gasteiger partial charge in [0.15, 0.2) is 8.32 Å². The van der Waals surface area contributed by atoms with Gasteiger partial charge in [-0.1, -0.05) is 72.3 Å². The minimum absolute atomic E-state index is 0.0110. The summed E-state index contributed by atoms with van der Waals surface area (Å²) in [7, 11) is -1.58. The van der Waals surface area contributed by atoms with Crippen LogP contribution in [0.1, 0.15) is 99.8 Å². The van der Waals surface area contributed by atoms with Crippen LogP contribution in [0.2, 0.25) is 18.1 Å². The Bertz CT molecular complexity index is 872. The highest BCUT2D eigenvalue weighted by molar-refractivity contribution is 6.73. The first-order valence-corrected chi connectivity index (χ1v) is 17.8. The Morgan fingerprint density at radius 2 is 1.84 bits per heavy atom.